The monoisotopic (exact) mass is 281 g/mol. The summed E-state index contributed by atoms with van der Waals surface area (Å²) in [6, 6.07) is 1.68. The molecular weight excluding hydrogens is 262 g/mol. The van der Waals surface area contributed by atoms with Crippen LogP contribution in [-0.4, -0.2) is 51.3 Å². The molecule has 3 N–H and O–H groups in total. The van der Waals surface area contributed by atoms with E-state index in [9.17, 15) is 4.79 Å². The van der Waals surface area contributed by atoms with Crippen LogP contribution in [0.1, 0.15) is 23.3 Å². The normalized spacial score (nSPS) is 19.1. The van der Waals surface area contributed by atoms with Crippen LogP contribution in [0.15, 0.2) is 12.3 Å². The number of rotatable bonds is 3. The number of nitrogens with two attached hydrogens (primary N) is 1. The Bertz CT molecular complexity index is 490. The lowest BCUT2D eigenvalue weighted by Crippen LogP contribution is -2.61. The number of amides is 1. The Morgan fingerprint density at radius 3 is 2.58 bits per heavy atom. The van der Waals surface area contributed by atoms with E-state index in [2.05, 4.69) is 15.3 Å². The molecule has 1 amide bonds. The van der Waals surface area contributed by atoms with Gasteiger partial charge in [0.1, 0.15) is 5.69 Å². The van der Waals surface area contributed by atoms with Gasteiger partial charge >= 0.3 is 0 Å². The van der Waals surface area contributed by atoms with Crippen LogP contribution in [0.25, 0.3) is 0 Å². The summed E-state index contributed by atoms with van der Waals surface area (Å²) in [5.74, 6) is -0.224. The zero-order valence-electron chi connectivity index (χ0n) is 11.2. The average molecular weight is 281 g/mol. The van der Waals surface area contributed by atoms with Gasteiger partial charge in [-0.05, 0) is 26.0 Å². The van der Waals surface area contributed by atoms with E-state index >= 15 is 0 Å². The van der Waals surface area contributed by atoms with Crippen LogP contribution >= 0.6 is 12.2 Å². The van der Waals surface area contributed by atoms with E-state index in [0.29, 0.717) is 10.7 Å². The number of likely N-dealkylation sites (tertiary alicyclic amines) is 1. The lowest BCUT2D eigenvalue weighted by Gasteiger charge is -2.40. The first-order chi connectivity index (χ1) is 8.93. The highest BCUT2D eigenvalue weighted by Gasteiger charge is 2.38. The van der Waals surface area contributed by atoms with Crippen molar-refractivity contribution in [3.8, 4) is 0 Å². The molecule has 2 heterocycles. The maximum absolute atomic E-state index is 12.2. The Labute approximate surface area is 117 Å². The second-order valence-electron chi connectivity index (χ2n) is 5.08. The number of hydrogen-bond donors (Lipinski definition) is 2. The Kier molecular flexibility index (Phi) is 3.86. The number of carbonyl (C=O) groups is 1. The van der Waals surface area contributed by atoms with Gasteiger partial charge < -0.3 is 16.0 Å². The molecule has 0 aromatic carbocycles. The van der Waals surface area contributed by atoms with E-state index < -0.39 is 5.54 Å². The first kappa shape index (κ1) is 14.0. The van der Waals surface area contributed by atoms with Crippen molar-refractivity contribution in [1.29, 1.82) is 0 Å². The van der Waals surface area contributed by atoms with Crippen LogP contribution in [0.4, 0.5) is 0 Å². The van der Waals surface area contributed by atoms with Crippen molar-refractivity contribution in [2.75, 3.05) is 20.1 Å². The SMILES string of the molecule is CN1CCC(NC(=O)c2ccn(C)n2)(C(N)=S)CC1. The number of nitrogens with zero attached hydrogens (tertiary/aromatic N) is 3. The number of aromatic nitrogens is 2. The van der Waals surface area contributed by atoms with Crippen molar-refractivity contribution >= 4 is 23.1 Å². The van der Waals surface area contributed by atoms with E-state index in [1.54, 1.807) is 24.0 Å². The lowest BCUT2D eigenvalue weighted by molar-refractivity contribution is 0.0884. The van der Waals surface area contributed by atoms with Gasteiger partial charge in [-0.1, -0.05) is 12.2 Å². The fraction of sp³-hybridized carbons (Fsp3) is 0.583. The van der Waals surface area contributed by atoms with Gasteiger partial charge in [-0.25, -0.2) is 0 Å². The van der Waals surface area contributed by atoms with E-state index in [0.717, 1.165) is 25.9 Å². The van der Waals surface area contributed by atoms with Crippen molar-refractivity contribution in [1.82, 2.24) is 20.0 Å². The molecule has 0 atom stereocenters. The molecule has 1 aromatic heterocycles. The van der Waals surface area contributed by atoms with Crippen molar-refractivity contribution in [3.63, 3.8) is 0 Å². The summed E-state index contributed by atoms with van der Waals surface area (Å²) in [5.41, 5.74) is 5.65. The van der Waals surface area contributed by atoms with Gasteiger partial charge in [0.2, 0.25) is 0 Å². The number of thiocarbonyl (C=S) groups is 1. The minimum Gasteiger partial charge on any atom is -0.391 e. The summed E-state index contributed by atoms with van der Waals surface area (Å²) >= 11 is 5.16. The molecule has 1 aliphatic rings. The fourth-order valence-corrected chi connectivity index (χ4v) is 2.51. The van der Waals surface area contributed by atoms with E-state index in [1.807, 2.05) is 7.05 Å². The maximum Gasteiger partial charge on any atom is 0.272 e. The first-order valence-electron chi connectivity index (χ1n) is 6.23. The molecular formula is C12H19N5OS. The van der Waals surface area contributed by atoms with E-state index in [-0.39, 0.29) is 5.91 Å². The standard InChI is InChI=1S/C12H19N5OS/c1-16-7-4-12(5-8-16,11(13)19)14-10(18)9-3-6-17(2)15-9/h3,6H,4-5,7-8H2,1-2H3,(H2,13,19)(H,14,18). The molecule has 0 saturated carbocycles. The second kappa shape index (κ2) is 5.26. The number of nitrogens with one attached hydrogen (secondary N) is 1. The van der Waals surface area contributed by atoms with Gasteiger partial charge in [-0.15, -0.1) is 0 Å². The predicted molar refractivity (Wildman–Crippen MR) is 76.9 cm³/mol. The minimum atomic E-state index is -0.587. The average Bonchev–Trinajstić information content (AvgIpc) is 2.79. The molecule has 1 aromatic rings. The molecule has 6 nitrogen and oxygen atoms in total. The quantitative estimate of drug-likeness (QED) is 0.757. The highest BCUT2D eigenvalue weighted by Crippen LogP contribution is 2.22. The van der Waals surface area contributed by atoms with E-state index in [4.69, 9.17) is 18.0 Å². The zero-order chi connectivity index (χ0) is 14.0. The van der Waals surface area contributed by atoms with Gasteiger partial charge in [0.15, 0.2) is 0 Å². The van der Waals surface area contributed by atoms with Crippen LogP contribution in [0, 0.1) is 0 Å². The molecule has 7 heteroatoms. The van der Waals surface area contributed by atoms with E-state index in [1.165, 1.54) is 0 Å². The van der Waals surface area contributed by atoms with Crippen LogP contribution in [-0.2, 0) is 7.05 Å². The number of hydrogen-bond acceptors (Lipinski definition) is 4. The van der Waals surface area contributed by atoms with Crippen LogP contribution in [0.3, 0.4) is 0 Å². The second-order valence-corrected chi connectivity index (χ2v) is 5.52. The van der Waals surface area contributed by atoms with Crippen molar-refractivity contribution in [3.05, 3.63) is 18.0 Å². The Balaban J connectivity index is 2.13. The molecule has 0 aliphatic carbocycles. The number of piperidine rings is 1. The maximum atomic E-state index is 12.2. The van der Waals surface area contributed by atoms with Crippen LogP contribution in [0.5, 0.6) is 0 Å². The zero-order valence-corrected chi connectivity index (χ0v) is 12.0. The molecule has 104 valence electrons. The van der Waals surface area contributed by atoms with Gasteiger partial charge in [-0.3, -0.25) is 9.48 Å². The van der Waals surface area contributed by atoms with Crippen molar-refractivity contribution in [2.24, 2.45) is 12.8 Å². The van der Waals surface area contributed by atoms with Crippen molar-refractivity contribution in [2.45, 2.75) is 18.4 Å². The van der Waals surface area contributed by atoms with Crippen molar-refractivity contribution < 1.29 is 4.79 Å². The number of aryl methyl sites for hydroxylation is 1. The third kappa shape index (κ3) is 2.93. The molecule has 0 bridgehead atoms. The third-order valence-corrected chi connectivity index (χ3v) is 4.00. The fourth-order valence-electron chi connectivity index (χ4n) is 2.25. The minimum absolute atomic E-state index is 0.224. The van der Waals surface area contributed by atoms with Gasteiger partial charge in [0, 0.05) is 26.3 Å². The van der Waals surface area contributed by atoms with Crippen LogP contribution < -0.4 is 11.1 Å². The number of carbonyl (C=O) groups excluding carboxylic acids is 1. The highest BCUT2D eigenvalue weighted by atomic mass is 32.1. The summed E-state index contributed by atoms with van der Waals surface area (Å²) in [4.78, 5) is 14.8. The molecule has 1 aliphatic heterocycles. The summed E-state index contributed by atoms with van der Waals surface area (Å²) < 4.78 is 1.59. The summed E-state index contributed by atoms with van der Waals surface area (Å²) in [6.07, 6.45) is 3.20. The summed E-state index contributed by atoms with van der Waals surface area (Å²) in [7, 11) is 3.82. The van der Waals surface area contributed by atoms with Crippen LogP contribution in [0.2, 0.25) is 0 Å². The molecule has 1 saturated heterocycles. The third-order valence-electron chi connectivity index (χ3n) is 3.61. The van der Waals surface area contributed by atoms with Gasteiger partial charge in [0.25, 0.3) is 5.91 Å². The molecule has 1 fully saturated rings. The molecule has 0 spiro atoms. The molecule has 2 rings (SSSR count). The van der Waals surface area contributed by atoms with Gasteiger partial charge in [0.05, 0.1) is 10.5 Å². The topological polar surface area (TPSA) is 76.2 Å². The molecule has 0 unspecified atom stereocenters. The largest absolute Gasteiger partial charge is 0.391 e. The van der Waals surface area contributed by atoms with Gasteiger partial charge in [-0.2, -0.15) is 5.10 Å². The lowest BCUT2D eigenvalue weighted by atomic mass is 9.87. The highest BCUT2D eigenvalue weighted by molar-refractivity contribution is 7.80. The summed E-state index contributed by atoms with van der Waals surface area (Å²) in [5, 5.41) is 7.07. The molecule has 19 heavy (non-hydrogen) atoms. The Morgan fingerprint density at radius 1 is 1.47 bits per heavy atom. The summed E-state index contributed by atoms with van der Waals surface area (Å²) in [6.45, 7) is 1.72. The first-order valence-corrected chi connectivity index (χ1v) is 6.64. The predicted octanol–water partition coefficient (Wildman–Crippen LogP) is -0.0996. The molecule has 0 radical (unpaired) electrons. The smallest absolute Gasteiger partial charge is 0.272 e. The Morgan fingerprint density at radius 2 is 2.11 bits per heavy atom. The Hall–Kier alpha value is -1.47.